The highest BCUT2D eigenvalue weighted by atomic mass is 127. The molecule has 2 atom stereocenters. The number of halogens is 1. The number of hydrogen-bond donors (Lipinski definition) is 0. The van der Waals surface area contributed by atoms with Gasteiger partial charge in [0, 0.05) is 5.38 Å². The number of allylic oxidation sites excluding steroid dienone is 1. The molecule has 1 aromatic heterocycles. The average Bonchev–Trinajstić information content (AvgIpc) is 2.67. The van der Waals surface area contributed by atoms with Crippen molar-refractivity contribution in [1.29, 1.82) is 0 Å². The Labute approximate surface area is 142 Å². The second-order valence-corrected chi connectivity index (χ2v) is 11.3. The number of rotatable bonds is 6. The molecule has 0 fully saturated rings. The molecule has 0 N–H and O–H groups in total. The third kappa shape index (κ3) is 6.82. The third-order valence-electron chi connectivity index (χ3n) is 3.11. The minimum atomic E-state index is -0.960. The molecule has 5 heteroatoms. The summed E-state index contributed by atoms with van der Waals surface area (Å²) in [5.41, 5.74) is 1.32. The van der Waals surface area contributed by atoms with Gasteiger partial charge in [0.1, 0.15) is 0 Å². The smallest absolute Gasteiger partial charge is 0.172 e. The molecule has 0 radical (unpaired) electrons. The van der Waals surface area contributed by atoms with Crippen molar-refractivity contribution in [2.24, 2.45) is 11.3 Å². The van der Waals surface area contributed by atoms with E-state index in [2.05, 4.69) is 79.0 Å². The maximum atomic E-state index is 6.01. The van der Waals surface area contributed by atoms with E-state index in [9.17, 15) is 0 Å². The molecule has 0 bridgehead atoms. The molecular formula is C15H26INOSSi. The monoisotopic (exact) mass is 423 g/mol. The molecular weight excluding hydrogens is 397 g/mol. The van der Waals surface area contributed by atoms with Crippen LogP contribution in [0.2, 0.25) is 13.1 Å². The van der Waals surface area contributed by atoms with E-state index < -0.39 is 9.04 Å². The topological polar surface area (TPSA) is 22.1 Å². The molecule has 0 aromatic carbocycles. The van der Waals surface area contributed by atoms with Crippen LogP contribution in [-0.4, -0.2) is 18.1 Å². The lowest BCUT2D eigenvalue weighted by Gasteiger charge is -2.30. The first-order valence-electron chi connectivity index (χ1n) is 7.08. The quantitative estimate of drug-likeness (QED) is 0.353. The number of nitrogens with zero attached hydrogens (tertiary/aromatic N) is 1. The number of thiazole rings is 1. The highest BCUT2D eigenvalue weighted by molar-refractivity contribution is 14.1. The Morgan fingerprint density at radius 3 is 2.55 bits per heavy atom. The zero-order valence-corrected chi connectivity index (χ0v) is 17.4. The van der Waals surface area contributed by atoms with Gasteiger partial charge in [-0.15, -0.1) is 11.3 Å². The Kier molecular flexibility index (Phi) is 7.38. The van der Waals surface area contributed by atoms with Crippen LogP contribution in [-0.2, 0) is 4.43 Å². The van der Waals surface area contributed by atoms with Crippen LogP contribution < -0.4 is 0 Å². The van der Waals surface area contributed by atoms with E-state index in [1.54, 1.807) is 11.3 Å². The van der Waals surface area contributed by atoms with E-state index in [0.717, 1.165) is 17.1 Å². The van der Waals surface area contributed by atoms with Crippen LogP contribution in [0.25, 0.3) is 6.08 Å². The van der Waals surface area contributed by atoms with Gasteiger partial charge in [-0.2, -0.15) is 0 Å². The van der Waals surface area contributed by atoms with Gasteiger partial charge in [-0.25, -0.2) is 4.98 Å². The van der Waals surface area contributed by atoms with E-state index in [4.69, 9.17) is 4.43 Å². The first kappa shape index (κ1) is 18.3. The summed E-state index contributed by atoms with van der Waals surface area (Å²) in [6, 6.07) is 0. The van der Waals surface area contributed by atoms with Crippen molar-refractivity contribution in [1.82, 2.24) is 4.98 Å². The van der Waals surface area contributed by atoms with Gasteiger partial charge in [0.2, 0.25) is 0 Å². The lowest BCUT2D eigenvalue weighted by atomic mass is 9.78. The van der Waals surface area contributed by atoms with Crippen molar-refractivity contribution >= 4 is 49.0 Å². The van der Waals surface area contributed by atoms with Gasteiger partial charge in [-0.3, -0.25) is 0 Å². The lowest BCUT2D eigenvalue weighted by molar-refractivity contribution is 0.211. The van der Waals surface area contributed by atoms with Crippen molar-refractivity contribution in [3.05, 3.63) is 22.2 Å². The number of alkyl halides is 1. The van der Waals surface area contributed by atoms with Crippen LogP contribution in [0.5, 0.6) is 0 Å². The third-order valence-corrected chi connectivity index (χ3v) is 6.13. The van der Waals surface area contributed by atoms with Crippen LogP contribution in [0.4, 0.5) is 0 Å². The second kappa shape index (κ2) is 8.05. The Morgan fingerprint density at radius 1 is 1.45 bits per heavy atom. The average molecular weight is 423 g/mol. The van der Waals surface area contributed by atoms with Crippen molar-refractivity contribution in [3.63, 3.8) is 0 Å². The summed E-state index contributed by atoms with van der Waals surface area (Å²) in [6.07, 6.45) is 5.54. The van der Waals surface area contributed by atoms with Gasteiger partial charge in [0.15, 0.2) is 9.04 Å². The molecule has 1 aromatic rings. The summed E-state index contributed by atoms with van der Waals surface area (Å²) in [4.78, 5) is 4.50. The Hall–Kier alpha value is 0.277. The normalized spacial score (nSPS) is 16.0. The summed E-state index contributed by atoms with van der Waals surface area (Å²) >= 11 is 4.14. The van der Waals surface area contributed by atoms with Gasteiger partial charge < -0.3 is 4.43 Å². The van der Waals surface area contributed by atoms with E-state index >= 15 is 0 Å². The predicted molar refractivity (Wildman–Crippen MR) is 101 cm³/mol. The van der Waals surface area contributed by atoms with Gasteiger partial charge >= 0.3 is 0 Å². The predicted octanol–water partition coefficient (Wildman–Crippen LogP) is 5.28. The zero-order chi connectivity index (χ0) is 15.3. The van der Waals surface area contributed by atoms with Gasteiger partial charge in [-0.05, 0) is 43.8 Å². The molecule has 0 saturated heterocycles. The van der Waals surface area contributed by atoms with Crippen LogP contribution in [0, 0.1) is 18.3 Å². The van der Waals surface area contributed by atoms with E-state index in [1.807, 2.05) is 6.92 Å². The molecule has 114 valence electrons. The first-order chi connectivity index (χ1) is 9.18. The van der Waals surface area contributed by atoms with Crippen LogP contribution in [0.3, 0.4) is 0 Å². The Morgan fingerprint density at radius 2 is 2.10 bits per heavy atom. The number of aromatic nitrogens is 1. The largest absolute Gasteiger partial charge is 0.409 e. The summed E-state index contributed by atoms with van der Waals surface area (Å²) in [7, 11) is -0.960. The Balaban J connectivity index is 2.72. The lowest BCUT2D eigenvalue weighted by Crippen LogP contribution is -2.25. The van der Waals surface area contributed by atoms with E-state index in [1.165, 1.54) is 0 Å². The molecule has 0 spiro atoms. The van der Waals surface area contributed by atoms with Crippen molar-refractivity contribution in [2.45, 2.75) is 51.3 Å². The molecule has 1 unspecified atom stereocenters. The molecule has 1 heterocycles. The summed E-state index contributed by atoms with van der Waals surface area (Å²) < 4.78 is 6.32. The van der Waals surface area contributed by atoms with Crippen molar-refractivity contribution in [2.75, 3.05) is 0 Å². The fraction of sp³-hybridized carbons (Fsp3) is 0.667. The molecule has 0 aliphatic carbocycles. The van der Waals surface area contributed by atoms with Gasteiger partial charge in [0.25, 0.3) is 0 Å². The van der Waals surface area contributed by atoms with Crippen LogP contribution >= 0.6 is 33.9 Å². The zero-order valence-electron chi connectivity index (χ0n) is 13.3. The van der Waals surface area contributed by atoms with Crippen LogP contribution in [0.1, 0.15) is 37.9 Å². The van der Waals surface area contributed by atoms with E-state index in [0.29, 0.717) is 10.0 Å². The number of aryl methyl sites for hydroxylation is 1. The molecule has 0 amide bonds. The standard InChI is InChI=1S/C15H26INOSSi/c1-11-17-13(10-19-11)8-7-12(15(2,3)4)9-14(16)18-20(5)6/h7-8,10,12,14,20H,9H2,1-6H3/t12-,14?/m1/s1. The number of hydrogen-bond acceptors (Lipinski definition) is 3. The minimum Gasteiger partial charge on any atom is -0.409 e. The van der Waals surface area contributed by atoms with Crippen LogP contribution in [0.15, 0.2) is 11.5 Å². The van der Waals surface area contributed by atoms with E-state index in [-0.39, 0.29) is 5.41 Å². The maximum absolute atomic E-state index is 6.01. The molecule has 0 aliphatic rings. The minimum absolute atomic E-state index is 0.243. The van der Waals surface area contributed by atoms with Gasteiger partial charge in [-0.1, -0.05) is 49.4 Å². The fourth-order valence-corrected chi connectivity index (χ4v) is 5.53. The molecule has 1 rings (SSSR count). The maximum Gasteiger partial charge on any atom is 0.172 e. The molecule has 20 heavy (non-hydrogen) atoms. The fourth-order valence-electron chi connectivity index (χ4n) is 1.94. The molecule has 0 saturated carbocycles. The van der Waals surface area contributed by atoms with Crippen molar-refractivity contribution < 1.29 is 4.43 Å². The SMILES string of the molecule is Cc1nc(C=C[C@H](CC(I)O[SiH](C)C)C(C)(C)C)cs1. The molecule has 2 nitrogen and oxygen atoms in total. The molecule has 0 aliphatic heterocycles. The summed E-state index contributed by atoms with van der Waals surface area (Å²) in [5, 5.41) is 3.24. The highest BCUT2D eigenvalue weighted by Gasteiger charge is 2.25. The summed E-state index contributed by atoms with van der Waals surface area (Å²) in [6.45, 7) is 13.4. The van der Waals surface area contributed by atoms with Gasteiger partial charge in [0.05, 0.1) is 14.8 Å². The highest BCUT2D eigenvalue weighted by Crippen LogP contribution is 2.33. The second-order valence-electron chi connectivity index (χ2n) is 6.45. The summed E-state index contributed by atoms with van der Waals surface area (Å²) in [5.74, 6) is 0.499. The Bertz CT molecular complexity index is 439. The van der Waals surface area contributed by atoms with Crippen molar-refractivity contribution in [3.8, 4) is 0 Å². The first-order valence-corrected chi connectivity index (χ1v) is 12.0.